The maximum absolute atomic E-state index is 11.9. The minimum absolute atomic E-state index is 0.0248. The molecule has 104 valence electrons. The van der Waals surface area contributed by atoms with Crippen LogP contribution in [0.2, 0.25) is 0 Å². The Kier molecular flexibility index (Phi) is 5.14. The minimum Gasteiger partial charge on any atom is -0.444 e. The number of amides is 1. The summed E-state index contributed by atoms with van der Waals surface area (Å²) in [6.45, 7) is 5.41. The van der Waals surface area contributed by atoms with E-state index in [9.17, 15) is 9.59 Å². The van der Waals surface area contributed by atoms with Crippen LogP contribution < -0.4 is 5.32 Å². The second-order valence-electron chi connectivity index (χ2n) is 5.71. The van der Waals surface area contributed by atoms with Crippen LogP contribution in [0.25, 0.3) is 0 Å². The molecule has 0 radical (unpaired) electrons. The van der Waals surface area contributed by atoms with Gasteiger partial charge in [-0.25, -0.2) is 4.79 Å². The largest absolute Gasteiger partial charge is 0.444 e. The maximum atomic E-state index is 11.9. The van der Waals surface area contributed by atoms with Crippen LogP contribution in [-0.2, 0) is 14.3 Å². The van der Waals surface area contributed by atoms with Crippen LogP contribution in [0, 0.1) is 5.92 Å². The van der Waals surface area contributed by atoms with Gasteiger partial charge in [0.15, 0.2) is 5.78 Å². The fraction of sp³-hybridized carbons (Fsp3) is 0.846. The number of carbonyl (C=O) groups excluding carboxylic acids is 2. The van der Waals surface area contributed by atoms with Crippen LogP contribution in [0.5, 0.6) is 0 Å². The van der Waals surface area contributed by atoms with Gasteiger partial charge in [0.25, 0.3) is 0 Å². The molecule has 0 aromatic carbocycles. The zero-order valence-corrected chi connectivity index (χ0v) is 11.6. The van der Waals surface area contributed by atoms with Gasteiger partial charge in [-0.15, -0.1) is 0 Å². The van der Waals surface area contributed by atoms with Gasteiger partial charge < -0.3 is 14.8 Å². The summed E-state index contributed by atoms with van der Waals surface area (Å²) in [5.74, 6) is 0.133. The van der Waals surface area contributed by atoms with E-state index in [2.05, 4.69) is 5.32 Å². The highest BCUT2D eigenvalue weighted by atomic mass is 16.6. The molecule has 0 heterocycles. The van der Waals surface area contributed by atoms with Crippen molar-refractivity contribution in [2.45, 2.75) is 51.7 Å². The molecule has 0 aromatic heterocycles. The zero-order valence-electron chi connectivity index (χ0n) is 11.6. The summed E-state index contributed by atoms with van der Waals surface area (Å²) < 4.78 is 10.0. The summed E-state index contributed by atoms with van der Waals surface area (Å²) in [6.07, 6.45) is 2.51. The SMILES string of the molecule is COCC(=O)C(NC(=O)OC(C)(C)C)C1CCC1. The summed E-state index contributed by atoms with van der Waals surface area (Å²) >= 11 is 0. The Labute approximate surface area is 108 Å². The Morgan fingerprint density at radius 1 is 1.33 bits per heavy atom. The van der Waals surface area contributed by atoms with E-state index in [0.29, 0.717) is 0 Å². The molecule has 1 fully saturated rings. The molecule has 0 spiro atoms. The van der Waals surface area contributed by atoms with Crippen LogP contribution in [0.1, 0.15) is 40.0 Å². The third-order valence-corrected chi connectivity index (χ3v) is 2.93. The first-order valence-corrected chi connectivity index (χ1v) is 6.34. The number of nitrogens with one attached hydrogen (secondary N) is 1. The normalized spacial score (nSPS) is 17.8. The highest BCUT2D eigenvalue weighted by Gasteiger charge is 2.34. The summed E-state index contributed by atoms with van der Waals surface area (Å²) in [7, 11) is 1.48. The lowest BCUT2D eigenvalue weighted by atomic mass is 9.78. The summed E-state index contributed by atoms with van der Waals surface area (Å²) in [5.41, 5.74) is -0.557. The Morgan fingerprint density at radius 2 is 1.94 bits per heavy atom. The van der Waals surface area contributed by atoms with Crippen LogP contribution in [0.15, 0.2) is 0 Å². The Balaban J connectivity index is 2.55. The smallest absolute Gasteiger partial charge is 0.408 e. The van der Waals surface area contributed by atoms with Gasteiger partial charge in [0.1, 0.15) is 12.2 Å². The predicted octanol–water partition coefficient (Wildman–Crippen LogP) is 1.90. The molecule has 0 saturated heterocycles. The fourth-order valence-electron chi connectivity index (χ4n) is 1.90. The van der Waals surface area contributed by atoms with Crippen molar-refractivity contribution in [1.82, 2.24) is 5.32 Å². The Hall–Kier alpha value is -1.10. The Bertz CT molecular complexity index is 305. The number of rotatable bonds is 5. The third kappa shape index (κ3) is 4.64. The van der Waals surface area contributed by atoms with Crippen molar-refractivity contribution in [2.24, 2.45) is 5.92 Å². The number of hydrogen-bond donors (Lipinski definition) is 1. The molecular formula is C13H23NO4. The van der Waals surface area contributed by atoms with Crippen molar-refractivity contribution in [3.8, 4) is 0 Å². The number of ether oxygens (including phenoxy) is 2. The van der Waals surface area contributed by atoms with E-state index in [1.54, 1.807) is 20.8 Å². The monoisotopic (exact) mass is 257 g/mol. The van der Waals surface area contributed by atoms with Gasteiger partial charge >= 0.3 is 6.09 Å². The van der Waals surface area contributed by atoms with E-state index in [1.165, 1.54) is 7.11 Å². The van der Waals surface area contributed by atoms with Crippen LogP contribution in [0.3, 0.4) is 0 Å². The topological polar surface area (TPSA) is 64.6 Å². The summed E-state index contributed by atoms with van der Waals surface area (Å²) in [4.78, 5) is 23.6. The van der Waals surface area contributed by atoms with Crippen LogP contribution in [0.4, 0.5) is 4.79 Å². The van der Waals surface area contributed by atoms with Crippen LogP contribution >= 0.6 is 0 Å². The van der Waals surface area contributed by atoms with Crippen molar-refractivity contribution in [3.63, 3.8) is 0 Å². The predicted molar refractivity (Wildman–Crippen MR) is 67.4 cm³/mol. The molecule has 1 rings (SSSR count). The molecule has 1 saturated carbocycles. The molecule has 0 aromatic rings. The first-order valence-electron chi connectivity index (χ1n) is 6.34. The summed E-state index contributed by atoms with van der Waals surface area (Å²) in [6, 6.07) is -0.478. The van der Waals surface area contributed by atoms with E-state index >= 15 is 0 Å². The number of hydrogen-bond acceptors (Lipinski definition) is 4. The molecule has 5 nitrogen and oxygen atoms in total. The lowest BCUT2D eigenvalue weighted by Gasteiger charge is -2.33. The van der Waals surface area contributed by atoms with Crippen molar-refractivity contribution >= 4 is 11.9 Å². The van der Waals surface area contributed by atoms with Gasteiger partial charge in [0, 0.05) is 7.11 Å². The van der Waals surface area contributed by atoms with E-state index in [0.717, 1.165) is 19.3 Å². The highest BCUT2D eigenvalue weighted by Crippen LogP contribution is 2.30. The van der Waals surface area contributed by atoms with E-state index in [-0.39, 0.29) is 18.3 Å². The number of methoxy groups -OCH3 is 1. The van der Waals surface area contributed by atoms with Gasteiger partial charge in [-0.05, 0) is 39.5 Å². The first-order chi connectivity index (χ1) is 8.33. The zero-order chi connectivity index (χ0) is 13.8. The maximum Gasteiger partial charge on any atom is 0.408 e. The Morgan fingerprint density at radius 3 is 2.33 bits per heavy atom. The van der Waals surface area contributed by atoms with Crippen molar-refractivity contribution in [3.05, 3.63) is 0 Å². The molecule has 1 amide bonds. The van der Waals surface area contributed by atoms with Crippen molar-refractivity contribution in [2.75, 3.05) is 13.7 Å². The summed E-state index contributed by atoms with van der Waals surface area (Å²) in [5, 5.41) is 2.67. The number of carbonyl (C=O) groups is 2. The van der Waals surface area contributed by atoms with Crippen LogP contribution in [-0.4, -0.2) is 37.2 Å². The second-order valence-corrected chi connectivity index (χ2v) is 5.71. The minimum atomic E-state index is -0.557. The van der Waals surface area contributed by atoms with Gasteiger partial charge in [-0.3, -0.25) is 4.79 Å². The van der Waals surface area contributed by atoms with Gasteiger partial charge in [-0.2, -0.15) is 0 Å². The quantitative estimate of drug-likeness (QED) is 0.817. The van der Waals surface area contributed by atoms with Gasteiger partial charge in [0.2, 0.25) is 0 Å². The molecule has 0 bridgehead atoms. The van der Waals surface area contributed by atoms with E-state index in [1.807, 2.05) is 0 Å². The van der Waals surface area contributed by atoms with Crippen molar-refractivity contribution in [1.29, 1.82) is 0 Å². The molecule has 1 N–H and O–H groups in total. The number of Topliss-reactive ketones (excluding diaryl/α,β-unsaturated/α-hetero) is 1. The average molecular weight is 257 g/mol. The molecule has 5 heteroatoms. The lowest BCUT2D eigenvalue weighted by Crippen LogP contribution is -2.50. The molecule has 0 aliphatic heterocycles. The molecule has 1 aliphatic carbocycles. The number of alkyl carbamates (subject to hydrolysis) is 1. The first kappa shape index (κ1) is 15.0. The molecule has 18 heavy (non-hydrogen) atoms. The van der Waals surface area contributed by atoms with Crippen molar-refractivity contribution < 1.29 is 19.1 Å². The third-order valence-electron chi connectivity index (χ3n) is 2.93. The highest BCUT2D eigenvalue weighted by molar-refractivity contribution is 5.88. The average Bonchev–Trinajstić information content (AvgIpc) is 2.11. The van der Waals surface area contributed by atoms with Gasteiger partial charge in [-0.1, -0.05) is 6.42 Å². The fourth-order valence-corrected chi connectivity index (χ4v) is 1.90. The molecule has 1 aliphatic rings. The van der Waals surface area contributed by atoms with Gasteiger partial charge in [0.05, 0.1) is 6.04 Å². The van der Waals surface area contributed by atoms with E-state index < -0.39 is 17.7 Å². The molecule has 1 unspecified atom stereocenters. The molecule has 1 atom stereocenters. The lowest BCUT2D eigenvalue weighted by molar-refractivity contribution is -0.126. The standard InChI is InChI=1S/C13H23NO4/c1-13(2,3)18-12(16)14-11(9-6-5-7-9)10(15)8-17-4/h9,11H,5-8H2,1-4H3,(H,14,16). The van der Waals surface area contributed by atoms with E-state index in [4.69, 9.17) is 9.47 Å². The second kappa shape index (κ2) is 6.18. The molecular weight excluding hydrogens is 234 g/mol. The number of ketones is 1.